The number of anilines is 3. The van der Waals surface area contributed by atoms with Crippen molar-refractivity contribution >= 4 is 52.2 Å². The maximum atomic E-state index is 16.4. The first-order chi connectivity index (χ1) is 24.0. The summed E-state index contributed by atoms with van der Waals surface area (Å²) in [7, 11) is 0. The number of pyridine rings is 1. The lowest BCUT2D eigenvalue weighted by Gasteiger charge is -2.28. The van der Waals surface area contributed by atoms with Gasteiger partial charge in [-0.1, -0.05) is 42.5 Å². The van der Waals surface area contributed by atoms with Crippen LogP contribution in [0.5, 0.6) is 0 Å². The highest BCUT2D eigenvalue weighted by Gasteiger charge is 2.35. The molecule has 0 bridgehead atoms. The van der Waals surface area contributed by atoms with E-state index in [0.717, 1.165) is 11.1 Å². The first-order valence-corrected chi connectivity index (χ1v) is 16.1. The Morgan fingerprint density at radius 2 is 1.55 bits per heavy atom. The Hall–Kier alpha value is -5.76. The van der Waals surface area contributed by atoms with Gasteiger partial charge >= 0.3 is 24.2 Å². The molecule has 1 atom stereocenters. The number of hydrogen-bond acceptors (Lipinski definition) is 10. The number of aromatic nitrogens is 1. The van der Waals surface area contributed by atoms with Gasteiger partial charge in [0.25, 0.3) is 0 Å². The molecule has 0 aliphatic heterocycles. The van der Waals surface area contributed by atoms with Crippen molar-refractivity contribution in [3.8, 4) is 0 Å². The van der Waals surface area contributed by atoms with Crippen LogP contribution in [0.25, 0.3) is 10.8 Å². The summed E-state index contributed by atoms with van der Waals surface area (Å²) in [5.41, 5.74) is 5.86. The fourth-order valence-electron chi connectivity index (χ4n) is 4.86. The predicted molar refractivity (Wildman–Crippen MR) is 190 cm³/mol. The van der Waals surface area contributed by atoms with Gasteiger partial charge in [0.05, 0.1) is 17.7 Å². The van der Waals surface area contributed by atoms with Gasteiger partial charge in [0.15, 0.2) is 17.7 Å². The molecule has 13 nitrogen and oxygen atoms in total. The number of aliphatic carboxylic acids is 1. The molecular weight excluding hydrogens is 661 g/mol. The van der Waals surface area contributed by atoms with Crippen molar-refractivity contribution in [2.24, 2.45) is 5.73 Å². The molecule has 3 aromatic carbocycles. The molecule has 0 aliphatic carbocycles. The van der Waals surface area contributed by atoms with Gasteiger partial charge in [0, 0.05) is 24.8 Å². The fourth-order valence-corrected chi connectivity index (χ4v) is 4.86. The van der Waals surface area contributed by atoms with Gasteiger partial charge < -0.3 is 30.4 Å². The zero-order valence-corrected chi connectivity index (χ0v) is 29.3. The molecule has 51 heavy (non-hydrogen) atoms. The number of nitrogens with two attached hydrogens (primary N) is 1. The van der Waals surface area contributed by atoms with Crippen molar-refractivity contribution in [1.82, 2.24) is 4.98 Å². The molecule has 0 saturated carbocycles. The lowest BCUT2D eigenvalue weighted by molar-refractivity contribution is -0.138. The van der Waals surface area contributed by atoms with Crippen LogP contribution in [0.15, 0.2) is 72.9 Å². The second-order valence-electron chi connectivity index (χ2n) is 13.5. The number of nitrogens with zero attached hydrogens (tertiary/aromatic N) is 2. The fraction of sp³-hybridized carbons (Fsp3) is 0.324. The molecule has 3 amide bonds. The van der Waals surface area contributed by atoms with E-state index in [2.05, 4.69) is 15.6 Å². The normalized spacial score (nSPS) is 12.1. The second-order valence-corrected chi connectivity index (χ2v) is 13.5. The van der Waals surface area contributed by atoms with E-state index in [1.807, 2.05) is 6.07 Å². The molecular formula is C37H42FN5O8. The van der Waals surface area contributed by atoms with Gasteiger partial charge in [-0.05, 0) is 87.9 Å². The molecule has 0 aliphatic rings. The van der Waals surface area contributed by atoms with E-state index >= 15 is 4.39 Å². The number of ether oxygens (including phenoxy) is 3. The van der Waals surface area contributed by atoms with Crippen LogP contribution in [0.2, 0.25) is 0 Å². The average Bonchev–Trinajstić information content (AvgIpc) is 3.03. The quantitative estimate of drug-likeness (QED) is 0.120. The van der Waals surface area contributed by atoms with E-state index in [1.165, 1.54) is 24.4 Å². The van der Waals surface area contributed by atoms with Crippen molar-refractivity contribution in [2.75, 3.05) is 22.1 Å². The Labute approximate surface area is 294 Å². The maximum Gasteiger partial charge on any atom is 0.425 e. The van der Waals surface area contributed by atoms with Gasteiger partial charge in [-0.25, -0.2) is 28.6 Å². The minimum absolute atomic E-state index is 0.0602. The van der Waals surface area contributed by atoms with Crippen LogP contribution in [0.1, 0.15) is 64.3 Å². The van der Waals surface area contributed by atoms with E-state index in [-0.39, 0.29) is 23.1 Å². The summed E-state index contributed by atoms with van der Waals surface area (Å²) < 4.78 is 32.6. The number of benzene rings is 3. The molecule has 270 valence electrons. The average molecular weight is 704 g/mol. The van der Waals surface area contributed by atoms with E-state index in [0.29, 0.717) is 29.1 Å². The number of nitrogens with one attached hydrogen (secondary N) is 2. The summed E-state index contributed by atoms with van der Waals surface area (Å²) in [5.74, 6) is -2.65. The highest BCUT2D eigenvalue weighted by Crippen LogP contribution is 2.34. The minimum atomic E-state index is -1.40. The third-order valence-electron chi connectivity index (χ3n) is 7.11. The second kappa shape index (κ2) is 15.9. The molecule has 0 fully saturated rings. The van der Waals surface area contributed by atoms with Crippen molar-refractivity contribution in [3.63, 3.8) is 0 Å². The molecule has 4 aromatic rings. The van der Waals surface area contributed by atoms with E-state index in [9.17, 15) is 24.3 Å². The predicted octanol–water partition coefficient (Wildman–Crippen LogP) is 7.54. The van der Waals surface area contributed by atoms with Crippen molar-refractivity contribution in [2.45, 2.75) is 71.8 Å². The highest BCUT2D eigenvalue weighted by molar-refractivity contribution is 6.14. The zero-order valence-electron chi connectivity index (χ0n) is 29.3. The SMILES string of the molecule is CC(C)(C)OC(=O)N(C(=O)OC(C)(C)C)c1nccc2ccc(NC(C(=O)O)c3ccc(CCOC(=O)Nc4cccc(CN)c4)cc3)c(F)c12. The van der Waals surface area contributed by atoms with Crippen LogP contribution in [0.3, 0.4) is 0 Å². The van der Waals surface area contributed by atoms with Crippen LogP contribution in [0, 0.1) is 5.82 Å². The van der Waals surface area contributed by atoms with E-state index in [1.54, 1.807) is 84.0 Å². The van der Waals surface area contributed by atoms with E-state index < -0.39 is 53.1 Å². The molecule has 0 spiro atoms. The summed E-state index contributed by atoms with van der Waals surface area (Å²) in [5, 5.41) is 15.5. The summed E-state index contributed by atoms with van der Waals surface area (Å²) in [6, 6.07) is 16.5. The third kappa shape index (κ3) is 10.4. The smallest absolute Gasteiger partial charge is 0.425 e. The van der Waals surface area contributed by atoms with Crippen LogP contribution >= 0.6 is 0 Å². The number of carbonyl (C=O) groups excluding carboxylic acids is 3. The topological polar surface area (TPSA) is 182 Å². The Balaban J connectivity index is 1.55. The Kier molecular flexibility index (Phi) is 11.8. The molecule has 5 N–H and O–H groups in total. The first-order valence-electron chi connectivity index (χ1n) is 16.1. The van der Waals surface area contributed by atoms with Crippen LogP contribution < -0.4 is 21.3 Å². The number of carboxylic acid groups (broad SMARTS) is 1. The Bertz CT molecular complexity index is 1880. The van der Waals surface area contributed by atoms with Crippen LogP contribution in [0.4, 0.5) is 36.0 Å². The number of fused-ring (bicyclic) bond motifs is 1. The molecule has 1 aromatic heterocycles. The maximum absolute atomic E-state index is 16.4. The van der Waals surface area contributed by atoms with Crippen molar-refractivity contribution in [1.29, 1.82) is 0 Å². The molecule has 1 heterocycles. The molecule has 0 radical (unpaired) electrons. The first kappa shape index (κ1) is 38.0. The van der Waals surface area contributed by atoms with Crippen LogP contribution in [-0.2, 0) is 32.0 Å². The minimum Gasteiger partial charge on any atom is -0.479 e. The lowest BCUT2D eigenvalue weighted by atomic mass is 10.0. The number of halogens is 1. The number of carboxylic acids is 1. The number of amides is 3. The van der Waals surface area contributed by atoms with Gasteiger partial charge in [-0.15, -0.1) is 0 Å². The third-order valence-corrected chi connectivity index (χ3v) is 7.11. The zero-order chi connectivity index (χ0) is 37.5. The monoisotopic (exact) mass is 703 g/mol. The number of hydrogen-bond donors (Lipinski definition) is 4. The standard InChI is InChI=1S/C37H42FN5O8/c1-36(2,3)50-34(47)43(35(48)51-37(4,5)6)31-28-24(16-18-40-31)14-15-27(29(28)38)42-30(32(44)45)25-12-10-22(11-13-25)17-19-49-33(46)41-26-9-7-8-23(20-26)21-39/h7-16,18,20,30,42H,17,19,21,39H2,1-6H3,(H,41,46)(H,44,45). The summed E-state index contributed by atoms with van der Waals surface area (Å²) in [6.45, 7) is 10.0. The molecule has 14 heteroatoms. The number of rotatable bonds is 10. The van der Waals surface area contributed by atoms with Gasteiger partial charge in [-0.3, -0.25) is 5.32 Å². The molecule has 0 saturated heterocycles. The van der Waals surface area contributed by atoms with Gasteiger partial charge in [0.1, 0.15) is 11.2 Å². The number of carbonyl (C=O) groups is 4. The highest BCUT2D eigenvalue weighted by atomic mass is 19.1. The lowest BCUT2D eigenvalue weighted by Crippen LogP contribution is -2.44. The molecule has 1 unspecified atom stereocenters. The van der Waals surface area contributed by atoms with Crippen molar-refractivity contribution in [3.05, 3.63) is 95.4 Å². The largest absolute Gasteiger partial charge is 0.479 e. The Morgan fingerprint density at radius 3 is 2.14 bits per heavy atom. The number of imide groups is 1. The summed E-state index contributed by atoms with van der Waals surface area (Å²) in [6.07, 6.45) is -1.26. The van der Waals surface area contributed by atoms with Gasteiger partial charge in [-0.2, -0.15) is 4.90 Å². The van der Waals surface area contributed by atoms with E-state index in [4.69, 9.17) is 19.9 Å². The van der Waals surface area contributed by atoms with Gasteiger partial charge in [0.2, 0.25) is 0 Å². The molecule has 4 rings (SSSR count). The van der Waals surface area contributed by atoms with Crippen LogP contribution in [-0.4, -0.2) is 52.1 Å². The summed E-state index contributed by atoms with van der Waals surface area (Å²) >= 11 is 0. The Morgan fingerprint density at radius 1 is 0.902 bits per heavy atom. The summed E-state index contributed by atoms with van der Waals surface area (Å²) in [4.78, 5) is 55.9. The van der Waals surface area contributed by atoms with Crippen molar-refractivity contribution < 1.29 is 42.9 Å².